The van der Waals surface area contributed by atoms with Crippen LogP contribution in [-0.4, -0.2) is 22.9 Å². The third-order valence-electron chi connectivity index (χ3n) is 2.41. The number of fused-ring (bicyclic) bond motifs is 1. The number of rotatable bonds is 4. The summed E-state index contributed by atoms with van der Waals surface area (Å²) >= 11 is 0. The van der Waals surface area contributed by atoms with Crippen LogP contribution in [0.15, 0.2) is 41.2 Å². The summed E-state index contributed by atoms with van der Waals surface area (Å²) in [5.74, 6) is 0. The number of aliphatic hydroxyl groups excluding tert-OH is 1. The van der Waals surface area contributed by atoms with Crippen LogP contribution in [0.5, 0.6) is 0 Å². The summed E-state index contributed by atoms with van der Waals surface area (Å²) in [5.41, 5.74) is 3.77. The summed E-state index contributed by atoms with van der Waals surface area (Å²) in [6, 6.07) is 11.0. The lowest BCUT2D eigenvalue weighted by molar-refractivity contribution is 0.291. The van der Waals surface area contributed by atoms with Crippen molar-refractivity contribution in [3.05, 3.63) is 46.8 Å². The Morgan fingerprint density at radius 1 is 1.19 bits per heavy atom. The molecule has 0 saturated heterocycles. The standard InChI is InChI=1S/C12H14N2O2/c15-9-3-8-13-14-11-5-2-1-4-10(11)6-7-12(14)16/h1-2,4-7,13,15H,3,8-9H2. The van der Waals surface area contributed by atoms with Gasteiger partial charge in [-0.25, -0.2) is 4.68 Å². The van der Waals surface area contributed by atoms with E-state index >= 15 is 0 Å². The van der Waals surface area contributed by atoms with Crippen LogP contribution in [0.1, 0.15) is 6.42 Å². The van der Waals surface area contributed by atoms with E-state index in [-0.39, 0.29) is 12.2 Å². The average molecular weight is 218 g/mol. The monoisotopic (exact) mass is 218 g/mol. The highest BCUT2D eigenvalue weighted by Crippen LogP contribution is 2.09. The molecule has 1 aromatic heterocycles. The molecule has 0 bridgehead atoms. The number of hydrogen-bond acceptors (Lipinski definition) is 3. The first-order valence-electron chi connectivity index (χ1n) is 5.28. The molecule has 16 heavy (non-hydrogen) atoms. The molecule has 0 atom stereocenters. The molecule has 0 spiro atoms. The molecule has 0 radical (unpaired) electrons. The largest absolute Gasteiger partial charge is 0.396 e. The fourth-order valence-electron chi connectivity index (χ4n) is 1.62. The molecule has 0 saturated carbocycles. The van der Waals surface area contributed by atoms with Crippen molar-refractivity contribution in [2.45, 2.75) is 6.42 Å². The highest BCUT2D eigenvalue weighted by atomic mass is 16.3. The summed E-state index contributed by atoms with van der Waals surface area (Å²) in [7, 11) is 0. The normalized spacial score (nSPS) is 10.6. The third-order valence-corrected chi connectivity index (χ3v) is 2.41. The summed E-state index contributed by atoms with van der Waals surface area (Å²) in [5, 5.41) is 9.71. The molecule has 0 amide bonds. The molecule has 2 aromatic rings. The molecule has 0 aliphatic carbocycles. The van der Waals surface area contributed by atoms with E-state index in [9.17, 15) is 4.79 Å². The lowest BCUT2D eigenvalue weighted by Gasteiger charge is -2.11. The van der Waals surface area contributed by atoms with Crippen molar-refractivity contribution >= 4 is 10.9 Å². The number of nitrogens with zero attached hydrogens (tertiary/aromatic N) is 1. The van der Waals surface area contributed by atoms with Gasteiger partial charge in [-0.05, 0) is 18.6 Å². The molecular formula is C12H14N2O2. The molecular weight excluding hydrogens is 204 g/mol. The first kappa shape index (κ1) is 10.7. The minimum absolute atomic E-state index is 0.0864. The first-order chi connectivity index (χ1) is 7.83. The van der Waals surface area contributed by atoms with E-state index in [0.29, 0.717) is 13.0 Å². The van der Waals surface area contributed by atoms with Crippen LogP contribution in [0.4, 0.5) is 0 Å². The Hall–Kier alpha value is -1.81. The van der Waals surface area contributed by atoms with Gasteiger partial charge in [0.25, 0.3) is 5.56 Å². The van der Waals surface area contributed by atoms with Gasteiger partial charge >= 0.3 is 0 Å². The van der Waals surface area contributed by atoms with E-state index in [0.717, 1.165) is 10.9 Å². The van der Waals surface area contributed by atoms with Crippen LogP contribution in [0, 0.1) is 0 Å². The van der Waals surface area contributed by atoms with Gasteiger partial charge in [-0.1, -0.05) is 18.2 Å². The van der Waals surface area contributed by atoms with E-state index in [4.69, 9.17) is 5.11 Å². The number of aliphatic hydroxyl groups is 1. The summed E-state index contributed by atoms with van der Waals surface area (Å²) in [4.78, 5) is 11.7. The molecule has 0 aliphatic heterocycles. The zero-order valence-electron chi connectivity index (χ0n) is 8.89. The van der Waals surface area contributed by atoms with Gasteiger partial charge in [0, 0.05) is 24.6 Å². The fourth-order valence-corrected chi connectivity index (χ4v) is 1.62. The van der Waals surface area contributed by atoms with Crippen LogP contribution in [0.2, 0.25) is 0 Å². The van der Waals surface area contributed by atoms with Crippen molar-refractivity contribution in [1.29, 1.82) is 0 Å². The maximum atomic E-state index is 11.7. The van der Waals surface area contributed by atoms with E-state index < -0.39 is 0 Å². The van der Waals surface area contributed by atoms with Gasteiger partial charge in [-0.2, -0.15) is 0 Å². The van der Waals surface area contributed by atoms with Crippen LogP contribution in [-0.2, 0) is 0 Å². The third kappa shape index (κ3) is 2.06. The van der Waals surface area contributed by atoms with E-state index in [1.165, 1.54) is 10.7 Å². The van der Waals surface area contributed by atoms with Crippen LogP contribution >= 0.6 is 0 Å². The Labute approximate surface area is 93.1 Å². The maximum Gasteiger partial charge on any atom is 0.269 e. The second-order valence-corrected chi connectivity index (χ2v) is 3.55. The predicted molar refractivity (Wildman–Crippen MR) is 64.1 cm³/mol. The van der Waals surface area contributed by atoms with Crippen LogP contribution in [0.3, 0.4) is 0 Å². The van der Waals surface area contributed by atoms with Gasteiger partial charge in [-0.15, -0.1) is 0 Å². The van der Waals surface area contributed by atoms with E-state index in [1.807, 2.05) is 30.3 Å². The van der Waals surface area contributed by atoms with Crippen molar-refractivity contribution in [1.82, 2.24) is 4.68 Å². The van der Waals surface area contributed by atoms with Crippen molar-refractivity contribution in [2.75, 3.05) is 18.6 Å². The lowest BCUT2D eigenvalue weighted by atomic mass is 10.2. The summed E-state index contributed by atoms with van der Waals surface area (Å²) in [6.07, 6.45) is 0.621. The average Bonchev–Trinajstić information content (AvgIpc) is 2.32. The Bertz CT molecular complexity index is 534. The van der Waals surface area contributed by atoms with Gasteiger partial charge in [0.15, 0.2) is 0 Å². The minimum atomic E-state index is -0.0864. The zero-order chi connectivity index (χ0) is 11.4. The number of nitrogens with one attached hydrogen (secondary N) is 1. The van der Waals surface area contributed by atoms with Gasteiger partial charge in [-0.3, -0.25) is 4.79 Å². The second kappa shape index (κ2) is 4.81. The number of aromatic nitrogens is 1. The van der Waals surface area contributed by atoms with Crippen molar-refractivity contribution < 1.29 is 5.11 Å². The molecule has 4 heteroatoms. The van der Waals surface area contributed by atoms with E-state index in [1.54, 1.807) is 0 Å². The predicted octanol–water partition coefficient (Wildman–Crippen LogP) is 0.927. The number of pyridine rings is 1. The smallest absolute Gasteiger partial charge is 0.269 e. The summed E-state index contributed by atoms with van der Waals surface area (Å²) in [6.45, 7) is 0.691. The molecule has 0 unspecified atom stereocenters. The van der Waals surface area contributed by atoms with Crippen molar-refractivity contribution in [2.24, 2.45) is 0 Å². The van der Waals surface area contributed by atoms with Gasteiger partial charge < -0.3 is 10.5 Å². The first-order valence-corrected chi connectivity index (χ1v) is 5.28. The number of para-hydroxylation sites is 1. The number of benzene rings is 1. The van der Waals surface area contributed by atoms with Gasteiger partial charge in [0.1, 0.15) is 0 Å². The highest BCUT2D eigenvalue weighted by molar-refractivity contribution is 5.78. The van der Waals surface area contributed by atoms with Gasteiger partial charge in [0.2, 0.25) is 0 Å². The summed E-state index contributed by atoms with van der Waals surface area (Å²) < 4.78 is 1.52. The zero-order valence-corrected chi connectivity index (χ0v) is 8.89. The Kier molecular flexibility index (Phi) is 3.22. The Morgan fingerprint density at radius 3 is 2.81 bits per heavy atom. The number of hydrogen-bond donors (Lipinski definition) is 2. The molecule has 1 aromatic carbocycles. The fraction of sp³-hybridized carbons (Fsp3) is 0.250. The molecule has 2 rings (SSSR count). The molecule has 0 aliphatic rings. The minimum Gasteiger partial charge on any atom is -0.396 e. The molecule has 2 N–H and O–H groups in total. The van der Waals surface area contributed by atoms with Crippen molar-refractivity contribution in [3.63, 3.8) is 0 Å². The lowest BCUT2D eigenvalue weighted by Crippen LogP contribution is -2.29. The quantitative estimate of drug-likeness (QED) is 0.750. The van der Waals surface area contributed by atoms with Crippen molar-refractivity contribution in [3.8, 4) is 0 Å². The molecule has 1 heterocycles. The Balaban J connectivity index is 2.41. The molecule has 84 valence electrons. The SMILES string of the molecule is O=c1ccc2ccccc2n1NCCCO. The van der Waals surface area contributed by atoms with Crippen LogP contribution < -0.4 is 11.0 Å². The maximum absolute atomic E-state index is 11.7. The van der Waals surface area contributed by atoms with E-state index in [2.05, 4.69) is 5.43 Å². The Morgan fingerprint density at radius 2 is 2.00 bits per heavy atom. The highest BCUT2D eigenvalue weighted by Gasteiger charge is 2.00. The molecule has 4 nitrogen and oxygen atoms in total. The van der Waals surface area contributed by atoms with Gasteiger partial charge in [0.05, 0.1) is 5.52 Å². The molecule has 0 fully saturated rings. The topological polar surface area (TPSA) is 54.3 Å². The second-order valence-electron chi connectivity index (χ2n) is 3.55. The van der Waals surface area contributed by atoms with Crippen LogP contribution in [0.25, 0.3) is 10.9 Å².